The third kappa shape index (κ3) is 3.61. The van der Waals surface area contributed by atoms with E-state index in [1.54, 1.807) is 19.0 Å². The first-order chi connectivity index (χ1) is 12.1. The molecule has 128 valence electrons. The average Bonchev–Trinajstić information content (AvgIpc) is 2.98. The summed E-state index contributed by atoms with van der Waals surface area (Å²) >= 11 is 1.48. The van der Waals surface area contributed by atoms with E-state index in [9.17, 15) is 4.79 Å². The van der Waals surface area contributed by atoms with Crippen LogP contribution in [0.5, 0.6) is 0 Å². The van der Waals surface area contributed by atoms with Crippen molar-refractivity contribution < 1.29 is 4.79 Å². The van der Waals surface area contributed by atoms with E-state index in [2.05, 4.69) is 11.1 Å². The number of nitrogens with zero attached hydrogens (tertiary/aromatic N) is 3. The van der Waals surface area contributed by atoms with Crippen LogP contribution in [0.1, 0.15) is 10.8 Å². The van der Waals surface area contributed by atoms with Crippen LogP contribution < -0.4 is 0 Å². The van der Waals surface area contributed by atoms with Crippen LogP contribution in [0.2, 0.25) is 0 Å². The van der Waals surface area contributed by atoms with Crippen LogP contribution in [0.25, 0.3) is 11.0 Å². The maximum absolute atomic E-state index is 12.8. The molecule has 0 bridgehead atoms. The summed E-state index contributed by atoms with van der Waals surface area (Å²) in [4.78, 5) is 19.2. The lowest BCUT2D eigenvalue weighted by atomic mass is 10.1. The zero-order chi connectivity index (χ0) is 17.8. The number of likely N-dealkylation sites (N-methyl/N-ethyl adjacent to an activating group) is 1. The largest absolute Gasteiger partial charge is 0.348 e. The number of aromatic nitrogens is 2. The van der Waals surface area contributed by atoms with Crippen molar-refractivity contribution in [3.8, 4) is 0 Å². The molecule has 4 nitrogen and oxygen atoms in total. The average molecular weight is 351 g/mol. The first-order valence-electron chi connectivity index (χ1n) is 8.10. The summed E-state index contributed by atoms with van der Waals surface area (Å²) in [5.41, 5.74) is 2.95. The second-order valence-corrected chi connectivity index (χ2v) is 7.00. The summed E-state index contributed by atoms with van der Waals surface area (Å²) in [6, 6.07) is 17.8. The van der Waals surface area contributed by atoms with Gasteiger partial charge in [0.15, 0.2) is 5.16 Å². The predicted molar refractivity (Wildman–Crippen MR) is 104 cm³/mol. The molecule has 3 aromatic rings. The first-order valence-corrected chi connectivity index (χ1v) is 8.98. The molecule has 0 aliphatic carbocycles. The number of rotatable bonds is 6. The van der Waals surface area contributed by atoms with Gasteiger partial charge in [-0.2, -0.15) is 0 Å². The zero-order valence-corrected chi connectivity index (χ0v) is 15.2. The fourth-order valence-corrected chi connectivity index (χ4v) is 3.94. The number of para-hydroxylation sites is 2. The molecule has 0 aliphatic rings. The van der Waals surface area contributed by atoms with Crippen molar-refractivity contribution in [2.24, 2.45) is 0 Å². The monoisotopic (exact) mass is 351 g/mol. The van der Waals surface area contributed by atoms with Crippen LogP contribution in [-0.4, -0.2) is 34.5 Å². The van der Waals surface area contributed by atoms with Crippen molar-refractivity contribution >= 4 is 28.7 Å². The maximum atomic E-state index is 12.8. The summed E-state index contributed by atoms with van der Waals surface area (Å²) in [5, 5.41) is 0.488. The number of amides is 1. The van der Waals surface area contributed by atoms with Crippen molar-refractivity contribution in [1.29, 1.82) is 0 Å². The SMILES string of the molecule is C=CCn1c(SC(C(=O)N(C)C)c2ccccc2)nc2ccccc21. The number of hydrogen-bond acceptors (Lipinski definition) is 3. The van der Waals surface area contributed by atoms with E-state index >= 15 is 0 Å². The standard InChI is InChI=1S/C20H21N3OS/c1-4-14-23-17-13-9-8-12-16(17)21-20(23)25-18(19(24)22(2)3)15-10-6-5-7-11-15/h4-13,18H,1,14H2,2-3H3. The van der Waals surface area contributed by atoms with Crippen molar-refractivity contribution in [1.82, 2.24) is 14.5 Å². The minimum absolute atomic E-state index is 0.0495. The molecule has 5 heteroatoms. The molecule has 0 saturated carbocycles. The second kappa shape index (κ2) is 7.57. The Hall–Kier alpha value is -2.53. The summed E-state index contributed by atoms with van der Waals surface area (Å²) in [6.07, 6.45) is 1.85. The highest BCUT2D eigenvalue weighted by Gasteiger charge is 2.26. The molecular weight excluding hydrogens is 330 g/mol. The number of carbonyl (C=O) groups excluding carboxylic acids is 1. The number of benzene rings is 2. The Morgan fingerprint density at radius 3 is 2.56 bits per heavy atom. The Morgan fingerprint density at radius 1 is 1.20 bits per heavy atom. The van der Waals surface area contributed by atoms with E-state index in [0.29, 0.717) is 6.54 Å². The highest BCUT2D eigenvalue weighted by molar-refractivity contribution is 8.00. The summed E-state index contributed by atoms with van der Waals surface area (Å²) in [5.74, 6) is 0.0495. The van der Waals surface area contributed by atoms with Crippen LogP contribution in [0.3, 0.4) is 0 Å². The minimum Gasteiger partial charge on any atom is -0.348 e. The molecule has 25 heavy (non-hydrogen) atoms. The van der Waals surface area contributed by atoms with Gasteiger partial charge >= 0.3 is 0 Å². The zero-order valence-electron chi connectivity index (χ0n) is 14.4. The van der Waals surface area contributed by atoms with E-state index in [-0.39, 0.29) is 11.2 Å². The predicted octanol–water partition coefficient (Wildman–Crippen LogP) is 4.14. The van der Waals surface area contributed by atoms with Gasteiger partial charge in [-0.1, -0.05) is 60.3 Å². The lowest BCUT2D eigenvalue weighted by molar-refractivity contribution is -0.128. The van der Waals surface area contributed by atoms with E-state index in [4.69, 9.17) is 4.98 Å². The fraction of sp³-hybridized carbons (Fsp3) is 0.200. The van der Waals surface area contributed by atoms with Gasteiger partial charge in [0, 0.05) is 20.6 Å². The molecule has 1 unspecified atom stereocenters. The molecule has 1 atom stereocenters. The Bertz CT molecular complexity index is 886. The van der Waals surface area contributed by atoms with Crippen LogP contribution in [-0.2, 0) is 11.3 Å². The molecule has 0 radical (unpaired) electrons. The number of allylic oxidation sites excluding steroid dienone is 1. The molecule has 2 aromatic carbocycles. The molecule has 0 spiro atoms. The number of thioether (sulfide) groups is 1. The summed E-state index contributed by atoms with van der Waals surface area (Å²) in [7, 11) is 3.57. The van der Waals surface area contributed by atoms with Gasteiger partial charge in [-0.15, -0.1) is 6.58 Å². The van der Waals surface area contributed by atoms with Crippen LogP contribution in [0, 0.1) is 0 Å². The van der Waals surface area contributed by atoms with Gasteiger partial charge in [0.1, 0.15) is 5.25 Å². The second-order valence-electron chi connectivity index (χ2n) is 5.92. The van der Waals surface area contributed by atoms with Gasteiger partial charge in [0.25, 0.3) is 0 Å². The molecule has 1 heterocycles. The van der Waals surface area contributed by atoms with E-state index in [0.717, 1.165) is 21.8 Å². The Labute approximate surface area is 152 Å². The fourth-order valence-electron chi connectivity index (χ4n) is 2.68. The van der Waals surface area contributed by atoms with E-state index in [1.807, 2.05) is 60.7 Å². The van der Waals surface area contributed by atoms with E-state index in [1.165, 1.54) is 11.8 Å². The normalized spacial score (nSPS) is 12.1. The van der Waals surface area contributed by atoms with Gasteiger partial charge in [-0.3, -0.25) is 4.79 Å². The highest BCUT2D eigenvalue weighted by atomic mass is 32.2. The Morgan fingerprint density at radius 2 is 1.88 bits per heavy atom. The summed E-state index contributed by atoms with van der Waals surface area (Å²) in [6.45, 7) is 4.50. The van der Waals surface area contributed by atoms with Crippen molar-refractivity contribution in [3.63, 3.8) is 0 Å². The van der Waals surface area contributed by atoms with Gasteiger partial charge in [-0.05, 0) is 17.7 Å². The first kappa shape index (κ1) is 17.3. The van der Waals surface area contributed by atoms with Crippen LogP contribution in [0.4, 0.5) is 0 Å². The minimum atomic E-state index is -0.337. The molecule has 3 rings (SSSR count). The molecule has 1 aromatic heterocycles. The van der Waals surface area contributed by atoms with Crippen molar-refractivity contribution in [2.75, 3.05) is 14.1 Å². The molecule has 0 aliphatic heterocycles. The van der Waals surface area contributed by atoms with Crippen LogP contribution in [0.15, 0.2) is 72.4 Å². The van der Waals surface area contributed by atoms with Gasteiger partial charge in [-0.25, -0.2) is 4.98 Å². The van der Waals surface area contributed by atoms with Crippen molar-refractivity contribution in [2.45, 2.75) is 17.0 Å². The maximum Gasteiger partial charge on any atom is 0.240 e. The summed E-state index contributed by atoms with van der Waals surface area (Å²) < 4.78 is 2.10. The van der Waals surface area contributed by atoms with Crippen molar-refractivity contribution in [3.05, 3.63) is 72.8 Å². The van der Waals surface area contributed by atoms with E-state index < -0.39 is 0 Å². The quantitative estimate of drug-likeness (QED) is 0.495. The number of hydrogen-bond donors (Lipinski definition) is 0. The topological polar surface area (TPSA) is 38.1 Å². The molecule has 0 saturated heterocycles. The smallest absolute Gasteiger partial charge is 0.240 e. The third-order valence-electron chi connectivity index (χ3n) is 3.92. The van der Waals surface area contributed by atoms with Gasteiger partial charge in [0.2, 0.25) is 5.91 Å². The Balaban J connectivity index is 2.05. The Kier molecular flexibility index (Phi) is 5.24. The number of fused-ring (bicyclic) bond motifs is 1. The lowest BCUT2D eigenvalue weighted by Crippen LogP contribution is -2.27. The molecule has 1 amide bonds. The molecular formula is C20H21N3OS. The van der Waals surface area contributed by atoms with Gasteiger partial charge in [0.05, 0.1) is 11.0 Å². The lowest BCUT2D eigenvalue weighted by Gasteiger charge is -2.20. The third-order valence-corrected chi connectivity index (χ3v) is 5.15. The number of carbonyl (C=O) groups is 1. The van der Waals surface area contributed by atoms with Gasteiger partial charge < -0.3 is 9.47 Å². The van der Waals surface area contributed by atoms with Crippen LogP contribution >= 0.6 is 11.8 Å². The highest BCUT2D eigenvalue weighted by Crippen LogP contribution is 2.37. The number of imidazole rings is 1. The molecule has 0 fully saturated rings. The molecule has 0 N–H and O–H groups in total.